The standard InChI is InChI=1S/C23H34N10O2/c1-31-20-21(25-16-2-4-18(5-3-16)32-8-12-35-13-9-32)27-23(28-22(20)29-30-31)26-17-14-24-33(15-17)19-6-10-34-11-7-19/h14-16,18-19H,2-13H2,1H3,(H2,25,26,27,28). The maximum absolute atomic E-state index is 5.52. The number of hydrogen-bond acceptors (Lipinski definition) is 10. The van der Waals surface area contributed by atoms with Crippen molar-refractivity contribution in [2.75, 3.05) is 50.2 Å². The third-order valence-electron chi connectivity index (χ3n) is 7.49. The van der Waals surface area contributed by atoms with Gasteiger partial charge in [0.15, 0.2) is 5.82 Å². The Labute approximate surface area is 204 Å². The van der Waals surface area contributed by atoms with Crippen LogP contribution in [0.5, 0.6) is 0 Å². The van der Waals surface area contributed by atoms with Crippen molar-refractivity contribution in [3.63, 3.8) is 0 Å². The third kappa shape index (κ3) is 4.95. The molecule has 2 saturated heterocycles. The smallest absolute Gasteiger partial charge is 0.231 e. The summed E-state index contributed by atoms with van der Waals surface area (Å²) >= 11 is 0. The molecule has 3 aliphatic rings. The van der Waals surface area contributed by atoms with E-state index in [2.05, 4.69) is 35.9 Å². The molecule has 5 heterocycles. The number of aryl methyl sites for hydroxylation is 1. The lowest BCUT2D eigenvalue weighted by molar-refractivity contribution is 0.00791. The molecule has 2 N–H and O–H groups in total. The third-order valence-corrected chi connectivity index (χ3v) is 7.49. The zero-order chi connectivity index (χ0) is 23.6. The average Bonchev–Trinajstić information content (AvgIpc) is 3.52. The van der Waals surface area contributed by atoms with Gasteiger partial charge in [0.1, 0.15) is 5.52 Å². The van der Waals surface area contributed by atoms with Gasteiger partial charge < -0.3 is 20.1 Å². The average molecular weight is 483 g/mol. The quantitative estimate of drug-likeness (QED) is 0.540. The van der Waals surface area contributed by atoms with Gasteiger partial charge in [0.05, 0.1) is 31.1 Å². The minimum Gasteiger partial charge on any atom is -0.381 e. The molecule has 6 rings (SSSR count). The fraction of sp³-hybridized carbons (Fsp3) is 0.696. The number of fused-ring (bicyclic) bond motifs is 1. The lowest BCUT2D eigenvalue weighted by atomic mass is 9.90. The van der Waals surface area contributed by atoms with Crippen LogP contribution in [0.25, 0.3) is 11.2 Å². The number of anilines is 3. The molecular formula is C23H34N10O2. The molecule has 0 aromatic carbocycles. The molecule has 3 fully saturated rings. The molecule has 3 aromatic heterocycles. The number of hydrogen-bond donors (Lipinski definition) is 2. The number of ether oxygens (including phenoxy) is 2. The Morgan fingerprint density at radius 2 is 1.69 bits per heavy atom. The highest BCUT2D eigenvalue weighted by Crippen LogP contribution is 2.29. The van der Waals surface area contributed by atoms with Crippen LogP contribution >= 0.6 is 0 Å². The molecule has 0 bridgehead atoms. The van der Waals surface area contributed by atoms with Crippen molar-refractivity contribution in [3.8, 4) is 0 Å². The van der Waals surface area contributed by atoms with Crippen LogP contribution in [0.4, 0.5) is 17.5 Å². The first kappa shape index (κ1) is 22.6. The number of aromatic nitrogens is 7. The summed E-state index contributed by atoms with van der Waals surface area (Å²) in [5, 5.41) is 20.0. The van der Waals surface area contributed by atoms with E-state index in [1.807, 2.05) is 24.1 Å². The van der Waals surface area contributed by atoms with E-state index in [0.717, 1.165) is 82.2 Å². The molecule has 12 nitrogen and oxygen atoms in total. The summed E-state index contributed by atoms with van der Waals surface area (Å²) in [5.41, 5.74) is 2.26. The van der Waals surface area contributed by atoms with Gasteiger partial charge in [-0.25, -0.2) is 4.68 Å². The van der Waals surface area contributed by atoms with Crippen molar-refractivity contribution >= 4 is 28.6 Å². The van der Waals surface area contributed by atoms with Crippen LogP contribution in [0.15, 0.2) is 12.4 Å². The minimum atomic E-state index is 0.365. The second-order valence-corrected chi connectivity index (χ2v) is 9.76. The first-order valence-electron chi connectivity index (χ1n) is 12.8. The van der Waals surface area contributed by atoms with E-state index in [1.165, 1.54) is 12.8 Å². The molecule has 0 spiro atoms. The Balaban J connectivity index is 1.15. The lowest BCUT2D eigenvalue weighted by Crippen LogP contribution is -2.46. The number of rotatable bonds is 6. The van der Waals surface area contributed by atoms with Gasteiger partial charge in [-0.2, -0.15) is 15.1 Å². The molecule has 1 aliphatic carbocycles. The van der Waals surface area contributed by atoms with Crippen molar-refractivity contribution in [1.29, 1.82) is 0 Å². The Kier molecular flexibility index (Phi) is 6.49. The zero-order valence-electron chi connectivity index (χ0n) is 20.3. The summed E-state index contributed by atoms with van der Waals surface area (Å²) < 4.78 is 14.7. The number of nitrogens with one attached hydrogen (secondary N) is 2. The zero-order valence-corrected chi connectivity index (χ0v) is 20.3. The van der Waals surface area contributed by atoms with Crippen molar-refractivity contribution in [2.45, 2.75) is 56.7 Å². The van der Waals surface area contributed by atoms with Crippen LogP contribution in [0.1, 0.15) is 44.6 Å². The molecule has 0 amide bonds. The molecular weight excluding hydrogens is 448 g/mol. The molecule has 0 atom stereocenters. The monoisotopic (exact) mass is 482 g/mol. The summed E-state index contributed by atoms with van der Waals surface area (Å²) in [4.78, 5) is 12.0. The van der Waals surface area contributed by atoms with E-state index >= 15 is 0 Å². The fourth-order valence-electron chi connectivity index (χ4n) is 5.52. The van der Waals surface area contributed by atoms with Crippen molar-refractivity contribution in [3.05, 3.63) is 12.4 Å². The number of morpholine rings is 1. The summed E-state index contributed by atoms with van der Waals surface area (Å²) in [6.45, 7) is 5.38. The molecule has 35 heavy (non-hydrogen) atoms. The topological polar surface area (TPSA) is 120 Å². The Morgan fingerprint density at radius 1 is 0.914 bits per heavy atom. The first-order valence-corrected chi connectivity index (χ1v) is 12.8. The van der Waals surface area contributed by atoms with E-state index in [9.17, 15) is 0 Å². The number of nitrogens with zero attached hydrogens (tertiary/aromatic N) is 8. The highest BCUT2D eigenvalue weighted by atomic mass is 16.5. The summed E-state index contributed by atoms with van der Waals surface area (Å²) in [6.07, 6.45) is 10.4. The van der Waals surface area contributed by atoms with E-state index in [0.29, 0.717) is 29.7 Å². The highest BCUT2D eigenvalue weighted by molar-refractivity contribution is 5.84. The summed E-state index contributed by atoms with van der Waals surface area (Å²) in [5.74, 6) is 1.27. The van der Waals surface area contributed by atoms with Crippen LogP contribution in [0.3, 0.4) is 0 Å². The minimum absolute atomic E-state index is 0.365. The van der Waals surface area contributed by atoms with E-state index in [1.54, 1.807) is 4.68 Å². The van der Waals surface area contributed by atoms with Gasteiger partial charge >= 0.3 is 0 Å². The normalized spacial score (nSPS) is 24.6. The second-order valence-electron chi connectivity index (χ2n) is 9.76. The molecule has 0 radical (unpaired) electrons. The van der Waals surface area contributed by atoms with Gasteiger partial charge in [0.25, 0.3) is 0 Å². The molecule has 12 heteroatoms. The predicted molar refractivity (Wildman–Crippen MR) is 131 cm³/mol. The molecule has 3 aromatic rings. The summed E-state index contributed by atoms with van der Waals surface area (Å²) in [6, 6.07) is 1.39. The summed E-state index contributed by atoms with van der Waals surface area (Å²) in [7, 11) is 1.88. The van der Waals surface area contributed by atoms with E-state index < -0.39 is 0 Å². The molecule has 0 unspecified atom stereocenters. The lowest BCUT2D eigenvalue weighted by Gasteiger charge is -2.39. The van der Waals surface area contributed by atoms with Crippen LogP contribution in [0, 0.1) is 0 Å². The van der Waals surface area contributed by atoms with E-state index in [4.69, 9.17) is 14.5 Å². The van der Waals surface area contributed by atoms with Crippen molar-refractivity contribution < 1.29 is 9.47 Å². The fourth-order valence-corrected chi connectivity index (χ4v) is 5.52. The van der Waals surface area contributed by atoms with Gasteiger partial charge in [-0.15, -0.1) is 5.10 Å². The van der Waals surface area contributed by atoms with Gasteiger partial charge in [-0.3, -0.25) is 9.58 Å². The van der Waals surface area contributed by atoms with Gasteiger partial charge in [0.2, 0.25) is 11.6 Å². The molecule has 188 valence electrons. The van der Waals surface area contributed by atoms with Crippen LogP contribution in [-0.2, 0) is 16.5 Å². The SMILES string of the molecule is Cn1nnc2nc(Nc3cnn(C4CCOCC4)c3)nc(NC3CCC(N4CCOCC4)CC3)c21. The molecule has 1 saturated carbocycles. The van der Waals surface area contributed by atoms with Crippen molar-refractivity contribution in [2.24, 2.45) is 7.05 Å². The van der Waals surface area contributed by atoms with Crippen molar-refractivity contribution in [1.82, 2.24) is 39.6 Å². The predicted octanol–water partition coefficient (Wildman–Crippen LogP) is 2.11. The highest BCUT2D eigenvalue weighted by Gasteiger charge is 2.28. The van der Waals surface area contributed by atoms with Crippen LogP contribution < -0.4 is 10.6 Å². The molecule has 2 aliphatic heterocycles. The Morgan fingerprint density at radius 3 is 2.49 bits per heavy atom. The van der Waals surface area contributed by atoms with Gasteiger partial charge in [-0.05, 0) is 38.5 Å². The van der Waals surface area contributed by atoms with Crippen LogP contribution in [-0.4, -0.2) is 91.2 Å². The van der Waals surface area contributed by atoms with Gasteiger partial charge in [0, 0.05) is 51.6 Å². The first-order chi connectivity index (χ1) is 17.2. The Bertz CT molecular complexity index is 1130. The van der Waals surface area contributed by atoms with Crippen LogP contribution in [0.2, 0.25) is 0 Å². The maximum Gasteiger partial charge on any atom is 0.231 e. The Hall–Kier alpha value is -2.83. The maximum atomic E-state index is 5.52. The second kappa shape index (κ2) is 10.0. The van der Waals surface area contributed by atoms with E-state index in [-0.39, 0.29) is 0 Å². The largest absolute Gasteiger partial charge is 0.381 e. The van der Waals surface area contributed by atoms with Gasteiger partial charge in [-0.1, -0.05) is 5.21 Å².